The summed E-state index contributed by atoms with van der Waals surface area (Å²) >= 11 is 3.59. The van der Waals surface area contributed by atoms with Crippen LogP contribution in [0, 0.1) is 3.70 Å². The topological polar surface area (TPSA) is 77.5 Å². The van der Waals surface area contributed by atoms with Crippen molar-refractivity contribution in [1.29, 1.82) is 0 Å². The van der Waals surface area contributed by atoms with Gasteiger partial charge in [-0.15, -0.1) is 16.4 Å². The molecule has 1 unspecified atom stereocenters. The highest BCUT2D eigenvalue weighted by molar-refractivity contribution is 14.1. The number of benzene rings is 1. The van der Waals surface area contributed by atoms with Gasteiger partial charge in [-0.3, -0.25) is 4.40 Å². The fourth-order valence-electron chi connectivity index (χ4n) is 3.26. The van der Waals surface area contributed by atoms with Crippen molar-refractivity contribution in [1.82, 2.24) is 24.4 Å². The predicted octanol–water partition coefficient (Wildman–Crippen LogP) is 3.50. The summed E-state index contributed by atoms with van der Waals surface area (Å²) in [5.74, 6) is 0.582. The summed E-state index contributed by atoms with van der Waals surface area (Å²) in [6, 6.07) is 7.41. The first-order valence-corrected chi connectivity index (χ1v) is 10.5. The van der Waals surface area contributed by atoms with Crippen LogP contribution in [0.15, 0.2) is 36.8 Å². The highest BCUT2D eigenvalue weighted by atomic mass is 127. The summed E-state index contributed by atoms with van der Waals surface area (Å²) in [6.07, 6.45) is 1.98. The standard InChI is InChI=1S/C18H15FIN5O2S/c1-27-10-4-2-9(3-5-10)25-18(20)14(22-23-25)16(26)15-17(11-6-12(11)19)28-13-7-21-8-24(13)15/h2-5,7-8,11-12,16,26H,6H2,1H3/t11-,12-,16?/m1/s1. The molecule has 1 aromatic carbocycles. The number of aliphatic hydroxyl groups excluding tert-OH is 1. The van der Waals surface area contributed by atoms with E-state index >= 15 is 0 Å². The molecular formula is C18H15FIN5O2S. The largest absolute Gasteiger partial charge is 0.497 e. The van der Waals surface area contributed by atoms with E-state index in [1.54, 1.807) is 24.3 Å². The maximum Gasteiger partial charge on any atom is 0.142 e. The number of aliphatic hydroxyl groups is 1. The molecule has 28 heavy (non-hydrogen) atoms. The van der Waals surface area contributed by atoms with Gasteiger partial charge in [-0.25, -0.2) is 14.1 Å². The molecule has 0 saturated heterocycles. The van der Waals surface area contributed by atoms with Crippen molar-refractivity contribution in [3.8, 4) is 11.4 Å². The molecule has 1 aliphatic rings. The van der Waals surface area contributed by atoms with Crippen molar-refractivity contribution in [2.75, 3.05) is 7.11 Å². The van der Waals surface area contributed by atoms with E-state index in [2.05, 4.69) is 37.9 Å². The van der Waals surface area contributed by atoms with Crippen molar-refractivity contribution in [2.45, 2.75) is 24.6 Å². The monoisotopic (exact) mass is 511 g/mol. The Morgan fingerprint density at radius 2 is 2.11 bits per heavy atom. The Balaban J connectivity index is 1.56. The first kappa shape index (κ1) is 18.0. The van der Waals surface area contributed by atoms with Gasteiger partial charge in [0.25, 0.3) is 0 Å². The summed E-state index contributed by atoms with van der Waals surface area (Å²) in [4.78, 5) is 5.87. The Kier molecular flexibility index (Phi) is 4.36. The van der Waals surface area contributed by atoms with Crippen LogP contribution in [0.3, 0.4) is 0 Å². The second kappa shape index (κ2) is 6.78. The fourth-order valence-corrected chi connectivity index (χ4v) is 5.33. The highest BCUT2D eigenvalue weighted by Gasteiger charge is 2.43. The van der Waals surface area contributed by atoms with Crippen LogP contribution >= 0.6 is 33.9 Å². The van der Waals surface area contributed by atoms with Crippen LogP contribution in [0.5, 0.6) is 5.75 Å². The number of fused-ring (bicyclic) bond motifs is 1. The van der Waals surface area contributed by atoms with Crippen molar-refractivity contribution in [3.05, 3.63) is 56.8 Å². The summed E-state index contributed by atoms with van der Waals surface area (Å²) in [6.45, 7) is 0. The van der Waals surface area contributed by atoms with Crippen LogP contribution in [0.25, 0.3) is 10.5 Å². The SMILES string of the molecule is COc1ccc(-n2nnc(C(O)c3c([C@@H]4C[C@H]4F)sc4cncn34)c2I)cc1. The third-order valence-electron chi connectivity index (χ3n) is 4.85. The Hall–Kier alpha value is -2.05. The van der Waals surface area contributed by atoms with Gasteiger partial charge in [0.2, 0.25) is 0 Å². The zero-order chi connectivity index (χ0) is 19.4. The van der Waals surface area contributed by atoms with Gasteiger partial charge in [-0.05, 0) is 53.3 Å². The van der Waals surface area contributed by atoms with Crippen LogP contribution in [0.2, 0.25) is 0 Å². The molecule has 144 valence electrons. The summed E-state index contributed by atoms with van der Waals surface area (Å²) < 4.78 is 23.1. The van der Waals surface area contributed by atoms with Crippen LogP contribution in [-0.2, 0) is 0 Å². The molecule has 0 radical (unpaired) electrons. The second-order valence-electron chi connectivity index (χ2n) is 6.59. The molecule has 0 spiro atoms. The fraction of sp³-hybridized carbons (Fsp3) is 0.278. The average Bonchev–Trinajstić information content (AvgIpc) is 3.05. The zero-order valence-corrected chi connectivity index (χ0v) is 17.6. The highest BCUT2D eigenvalue weighted by Crippen LogP contribution is 2.49. The molecule has 3 aromatic heterocycles. The van der Waals surface area contributed by atoms with E-state index in [0.717, 1.165) is 21.1 Å². The number of rotatable bonds is 5. The van der Waals surface area contributed by atoms with Gasteiger partial charge in [0.15, 0.2) is 0 Å². The number of alkyl halides is 1. The maximum absolute atomic E-state index is 13.8. The second-order valence-corrected chi connectivity index (χ2v) is 8.67. The molecule has 1 fully saturated rings. The molecule has 5 rings (SSSR count). The number of hydrogen-bond acceptors (Lipinski definition) is 6. The van der Waals surface area contributed by atoms with Crippen LogP contribution < -0.4 is 4.74 Å². The van der Waals surface area contributed by atoms with Crippen LogP contribution in [0.4, 0.5) is 4.39 Å². The van der Waals surface area contributed by atoms with E-state index < -0.39 is 12.3 Å². The number of nitrogens with zero attached hydrogens (tertiary/aromatic N) is 5. The van der Waals surface area contributed by atoms with Crippen molar-refractivity contribution >= 4 is 38.8 Å². The van der Waals surface area contributed by atoms with Gasteiger partial charge in [-0.1, -0.05) is 5.21 Å². The number of thiazole rings is 1. The number of aromatic nitrogens is 5. The van der Waals surface area contributed by atoms with E-state index in [1.165, 1.54) is 11.3 Å². The Morgan fingerprint density at radius 1 is 1.36 bits per heavy atom. The van der Waals surface area contributed by atoms with Gasteiger partial charge in [0, 0.05) is 10.8 Å². The number of halogens is 2. The number of imidazole rings is 1. The molecule has 1 aliphatic carbocycles. The molecule has 7 nitrogen and oxygen atoms in total. The molecule has 3 atom stereocenters. The number of hydrogen-bond donors (Lipinski definition) is 1. The molecule has 0 bridgehead atoms. The Morgan fingerprint density at radius 3 is 2.79 bits per heavy atom. The first-order chi connectivity index (χ1) is 13.6. The predicted molar refractivity (Wildman–Crippen MR) is 110 cm³/mol. The third-order valence-corrected chi connectivity index (χ3v) is 7.11. The minimum atomic E-state index is -1.02. The number of ether oxygens (including phenoxy) is 1. The Labute approximate surface area is 176 Å². The van der Waals surface area contributed by atoms with Crippen molar-refractivity contribution in [2.24, 2.45) is 0 Å². The quantitative estimate of drug-likeness (QED) is 0.416. The molecule has 10 heteroatoms. The maximum atomic E-state index is 13.8. The molecule has 4 aromatic rings. The minimum Gasteiger partial charge on any atom is -0.497 e. The van der Waals surface area contributed by atoms with Gasteiger partial charge >= 0.3 is 0 Å². The van der Waals surface area contributed by atoms with E-state index in [-0.39, 0.29) is 5.92 Å². The summed E-state index contributed by atoms with van der Waals surface area (Å²) in [5, 5.41) is 19.6. The lowest BCUT2D eigenvalue weighted by molar-refractivity contribution is 0.207. The Bertz CT molecular complexity index is 1150. The first-order valence-electron chi connectivity index (χ1n) is 8.60. The van der Waals surface area contributed by atoms with E-state index in [0.29, 0.717) is 21.5 Å². The van der Waals surface area contributed by atoms with Gasteiger partial charge in [-0.2, -0.15) is 0 Å². The zero-order valence-electron chi connectivity index (χ0n) is 14.7. The molecule has 0 aliphatic heterocycles. The van der Waals surface area contributed by atoms with Crippen molar-refractivity contribution in [3.63, 3.8) is 0 Å². The lowest BCUT2D eigenvalue weighted by Gasteiger charge is -2.11. The van der Waals surface area contributed by atoms with Gasteiger partial charge in [0.05, 0.1) is 24.7 Å². The molecule has 1 N–H and O–H groups in total. The van der Waals surface area contributed by atoms with Crippen molar-refractivity contribution < 1.29 is 14.2 Å². The minimum absolute atomic E-state index is 0.163. The molecule has 0 amide bonds. The van der Waals surface area contributed by atoms with Crippen LogP contribution in [-0.4, -0.2) is 42.8 Å². The van der Waals surface area contributed by atoms with Gasteiger partial charge in [0.1, 0.15) is 38.6 Å². The third kappa shape index (κ3) is 2.81. The summed E-state index contributed by atoms with van der Waals surface area (Å²) in [5.41, 5.74) is 1.87. The molecule has 3 heterocycles. The van der Waals surface area contributed by atoms with E-state index in [4.69, 9.17) is 4.74 Å². The molecular weight excluding hydrogens is 496 g/mol. The average molecular weight is 511 g/mol. The van der Waals surface area contributed by atoms with E-state index in [9.17, 15) is 9.50 Å². The van der Waals surface area contributed by atoms with E-state index in [1.807, 2.05) is 28.7 Å². The number of methoxy groups -OCH3 is 1. The lowest BCUT2D eigenvalue weighted by atomic mass is 10.1. The summed E-state index contributed by atoms with van der Waals surface area (Å²) in [7, 11) is 1.61. The lowest BCUT2D eigenvalue weighted by Crippen LogP contribution is -2.08. The normalized spacial score (nSPS) is 19.9. The van der Waals surface area contributed by atoms with Crippen LogP contribution in [0.1, 0.15) is 34.7 Å². The van der Waals surface area contributed by atoms with Gasteiger partial charge < -0.3 is 9.84 Å². The molecule has 1 saturated carbocycles. The smallest absolute Gasteiger partial charge is 0.142 e.